The third-order valence-corrected chi connectivity index (χ3v) is 3.53. The Morgan fingerprint density at radius 3 is 1.81 bits per heavy atom. The Labute approximate surface area is 123 Å². The van der Waals surface area contributed by atoms with Crippen LogP contribution in [0.5, 0.6) is 0 Å². The topological polar surface area (TPSA) is 43.1 Å². The molecule has 0 aliphatic heterocycles. The molecule has 0 bridgehead atoms. The van der Waals surface area contributed by atoms with E-state index < -0.39 is 0 Å². The van der Waals surface area contributed by atoms with Crippen molar-refractivity contribution in [2.75, 3.05) is 5.73 Å². The average Bonchev–Trinajstić information content (AvgIpc) is 2.55. The summed E-state index contributed by atoms with van der Waals surface area (Å²) in [5.41, 5.74) is 11.0. The molecule has 0 saturated heterocycles. The van der Waals surface area contributed by atoms with Gasteiger partial charge in [0, 0.05) is 11.3 Å². The van der Waals surface area contributed by atoms with Gasteiger partial charge >= 0.3 is 0 Å². The van der Waals surface area contributed by atoms with Gasteiger partial charge in [-0.1, -0.05) is 60.7 Å². The highest BCUT2D eigenvalue weighted by molar-refractivity contribution is 5.96. The first-order valence-electron chi connectivity index (χ1n) is 6.79. The van der Waals surface area contributed by atoms with Crippen LogP contribution in [0.1, 0.15) is 10.4 Å². The van der Waals surface area contributed by atoms with Gasteiger partial charge in [0.25, 0.3) is 0 Å². The lowest BCUT2D eigenvalue weighted by atomic mass is 9.92. The Balaban J connectivity index is 2.19. The Bertz CT molecular complexity index is 761. The normalized spacial score (nSPS) is 10.3. The zero-order valence-corrected chi connectivity index (χ0v) is 11.5. The maximum Gasteiger partial charge on any atom is 0.151 e. The van der Waals surface area contributed by atoms with Crippen LogP contribution in [0.3, 0.4) is 0 Å². The first kappa shape index (κ1) is 13.1. The molecule has 0 unspecified atom stereocenters. The van der Waals surface area contributed by atoms with Crippen LogP contribution in [0.4, 0.5) is 5.69 Å². The SMILES string of the molecule is Nc1ccc(-c2cccc(-c3ccccc3)c2C=O)cc1. The summed E-state index contributed by atoms with van der Waals surface area (Å²) in [6.45, 7) is 0. The monoisotopic (exact) mass is 273 g/mol. The van der Waals surface area contributed by atoms with Crippen LogP contribution in [0, 0.1) is 0 Å². The molecule has 0 heterocycles. The number of hydrogen-bond donors (Lipinski definition) is 1. The van der Waals surface area contributed by atoms with Gasteiger partial charge in [0.05, 0.1) is 0 Å². The molecule has 2 heteroatoms. The van der Waals surface area contributed by atoms with Crippen molar-refractivity contribution in [1.29, 1.82) is 0 Å². The van der Waals surface area contributed by atoms with Gasteiger partial charge in [0.2, 0.25) is 0 Å². The molecule has 0 aromatic heterocycles. The maximum atomic E-state index is 11.6. The van der Waals surface area contributed by atoms with Crippen molar-refractivity contribution in [2.45, 2.75) is 0 Å². The number of anilines is 1. The van der Waals surface area contributed by atoms with E-state index in [4.69, 9.17) is 5.73 Å². The predicted octanol–water partition coefficient (Wildman–Crippen LogP) is 4.42. The molecule has 3 rings (SSSR count). The van der Waals surface area contributed by atoms with Crippen LogP contribution in [0.15, 0.2) is 72.8 Å². The van der Waals surface area contributed by atoms with Crippen molar-refractivity contribution in [2.24, 2.45) is 0 Å². The van der Waals surface area contributed by atoms with Gasteiger partial charge in [-0.25, -0.2) is 0 Å². The van der Waals surface area contributed by atoms with Gasteiger partial charge in [0.1, 0.15) is 0 Å². The lowest BCUT2D eigenvalue weighted by molar-refractivity contribution is 0.112. The van der Waals surface area contributed by atoms with Crippen LogP contribution >= 0.6 is 0 Å². The molecule has 3 aromatic rings. The minimum absolute atomic E-state index is 0.702. The van der Waals surface area contributed by atoms with Crippen LogP contribution in [-0.2, 0) is 0 Å². The van der Waals surface area contributed by atoms with Crippen LogP contribution in [0.2, 0.25) is 0 Å². The van der Waals surface area contributed by atoms with Crippen LogP contribution < -0.4 is 5.73 Å². The summed E-state index contributed by atoms with van der Waals surface area (Å²) in [6.07, 6.45) is 0.925. The van der Waals surface area contributed by atoms with Gasteiger partial charge in [-0.2, -0.15) is 0 Å². The van der Waals surface area contributed by atoms with E-state index in [2.05, 4.69) is 0 Å². The quantitative estimate of drug-likeness (QED) is 0.567. The van der Waals surface area contributed by atoms with Gasteiger partial charge < -0.3 is 5.73 Å². The molecule has 2 nitrogen and oxygen atoms in total. The summed E-state index contributed by atoms with van der Waals surface area (Å²) in [5, 5.41) is 0. The van der Waals surface area contributed by atoms with E-state index in [-0.39, 0.29) is 0 Å². The largest absolute Gasteiger partial charge is 0.399 e. The number of aldehydes is 1. The number of benzene rings is 3. The summed E-state index contributed by atoms with van der Waals surface area (Å²) < 4.78 is 0. The molecule has 0 amide bonds. The first-order chi connectivity index (χ1) is 10.3. The molecule has 0 spiro atoms. The van der Waals surface area contributed by atoms with Crippen molar-refractivity contribution in [1.82, 2.24) is 0 Å². The summed E-state index contributed by atoms with van der Waals surface area (Å²) >= 11 is 0. The number of rotatable bonds is 3. The minimum Gasteiger partial charge on any atom is -0.399 e. The Hall–Kier alpha value is -2.87. The highest BCUT2D eigenvalue weighted by Crippen LogP contribution is 2.31. The number of nitrogen functional groups attached to an aromatic ring is 1. The lowest BCUT2D eigenvalue weighted by Crippen LogP contribution is -1.93. The van der Waals surface area contributed by atoms with E-state index in [1.807, 2.05) is 72.8 Å². The van der Waals surface area contributed by atoms with Gasteiger partial charge in [-0.3, -0.25) is 4.79 Å². The van der Waals surface area contributed by atoms with Crippen LogP contribution in [0.25, 0.3) is 22.3 Å². The van der Waals surface area contributed by atoms with Crippen molar-refractivity contribution in [3.8, 4) is 22.3 Å². The van der Waals surface area contributed by atoms with E-state index >= 15 is 0 Å². The van der Waals surface area contributed by atoms with E-state index in [0.29, 0.717) is 11.3 Å². The maximum absolute atomic E-state index is 11.6. The van der Waals surface area contributed by atoms with E-state index in [9.17, 15) is 4.79 Å². The van der Waals surface area contributed by atoms with E-state index in [1.54, 1.807) is 0 Å². The zero-order valence-electron chi connectivity index (χ0n) is 11.5. The predicted molar refractivity (Wildman–Crippen MR) is 87.1 cm³/mol. The molecule has 0 radical (unpaired) electrons. The fourth-order valence-electron chi connectivity index (χ4n) is 2.48. The summed E-state index contributed by atoms with van der Waals surface area (Å²) in [7, 11) is 0. The molecule has 102 valence electrons. The molecule has 0 atom stereocenters. The fraction of sp³-hybridized carbons (Fsp3) is 0. The lowest BCUT2D eigenvalue weighted by Gasteiger charge is -2.11. The molecule has 3 aromatic carbocycles. The highest BCUT2D eigenvalue weighted by Gasteiger charge is 2.10. The summed E-state index contributed by atoms with van der Waals surface area (Å²) in [6, 6.07) is 23.4. The number of carbonyl (C=O) groups is 1. The Morgan fingerprint density at radius 2 is 1.24 bits per heavy atom. The van der Waals surface area contributed by atoms with E-state index in [0.717, 1.165) is 28.5 Å². The van der Waals surface area contributed by atoms with E-state index in [1.165, 1.54) is 0 Å². The van der Waals surface area contributed by atoms with Crippen molar-refractivity contribution in [3.63, 3.8) is 0 Å². The van der Waals surface area contributed by atoms with Gasteiger partial charge in [0.15, 0.2) is 6.29 Å². The molecule has 21 heavy (non-hydrogen) atoms. The minimum atomic E-state index is 0.702. The van der Waals surface area contributed by atoms with Crippen LogP contribution in [-0.4, -0.2) is 6.29 Å². The second-order valence-corrected chi connectivity index (χ2v) is 4.87. The molecule has 2 N–H and O–H groups in total. The molecule has 0 aliphatic rings. The standard InChI is InChI=1S/C19H15NO/c20-16-11-9-15(10-12-16)18-8-4-7-17(19(18)13-21)14-5-2-1-3-6-14/h1-13H,20H2. The highest BCUT2D eigenvalue weighted by atomic mass is 16.1. The number of hydrogen-bond acceptors (Lipinski definition) is 2. The molecule has 0 aliphatic carbocycles. The van der Waals surface area contributed by atoms with Crippen molar-refractivity contribution < 1.29 is 4.79 Å². The Morgan fingerprint density at radius 1 is 0.667 bits per heavy atom. The molecule has 0 saturated carbocycles. The van der Waals surface area contributed by atoms with Crippen molar-refractivity contribution >= 4 is 12.0 Å². The number of nitrogens with two attached hydrogens (primary N) is 1. The average molecular weight is 273 g/mol. The second-order valence-electron chi connectivity index (χ2n) is 4.87. The second kappa shape index (κ2) is 5.63. The fourth-order valence-corrected chi connectivity index (χ4v) is 2.48. The third kappa shape index (κ3) is 2.56. The summed E-state index contributed by atoms with van der Waals surface area (Å²) in [5.74, 6) is 0. The Kier molecular flexibility index (Phi) is 3.52. The molecular weight excluding hydrogens is 258 g/mol. The molecular formula is C19H15NO. The molecule has 0 fully saturated rings. The smallest absolute Gasteiger partial charge is 0.151 e. The van der Waals surface area contributed by atoms with Crippen molar-refractivity contribution in [3.05, 3.63) is 78.4 Å². The zero-order chi connectivity index (χ0) is 14.7. The summed E-state index contributed by atoms with van der Waals surface area (Å²) in [4.78, 5) is 11.6. The first-order valence-corrected chi connectivity index (χ1v) is 6.79. The number of carbonyl (C=O) groups excluding carboxylic acids is 1. The third-order valence-electron chi connectivity index (χ3n) is 3.53. The van der Waals surface area contributed by atoms with Gasteiger partial charge in [-0.15, -0.1) is 0 Å². The van der Waals surface area contributed by atoms with Gasteiger partial charge in [-0.05, 0) is 34.4 Å².